The van der Waals surface area contributed by atoms with E-state index in [9.17, 15) is 18.0 Å². The minimum atomic E-state index is -3.48. The molecule has 20 heavy (non-hydrogen) atoms. The fourth-order valence-corrected chi connectivity index (χ4v) is 2.79. The van der Waals surface area contributed by atoms with E-state index >= 15 is 0 Å². The van der Waals surface area contributed by atoms with Crippen molar-refractivity contribution in [3.05, 3.63) is 23.8 Å². The van der Waals surface area contributed by atoms with Gasteiger partial charge < -0.3 is 9.64 Å². The number of carbonyl (C=O) groups excluding carboxylic acids is 2. The van der Waals surface area contributed by atoms with E-state index in [0.29, 0.717) is 18.7 Å². The van der Waals surface area contributed by atoms with Crippen molar-refractivity contribution >= 4 is 27.4 Å². The summed E-state index contributed by atoms with van der Waals surface area (Å²) < 4.78 is 28.0. The zero-order chi connectivity index (χ0) is 14.9. The van der Waals surface area contributed by atoms with Crippen LogP contribution in [0.2, 0.25) is 0 Å². The molecule has 1 aliphatic heterocycles. The predicted molar refractivity (Wildman–Crippen MR) is 72.5 cm³/mol. The number of benzene rings is 1. The van der Waals surface area contributed by atoms with Crippen LogP contribution in [0.4, 0.5) is 5.69 Å². The highest BCUT2D eigenvalue weighted by molar-refractivity contribution is 7.90. The number of amides is 1. The van der Waals surface area contributed by atoms with Gasteiger partial charge in [-0.05, 0) is 24.6 Å². The Hall–Kier alpha value is -1.89. The van der Waals surface area contributed by atoms with Crippen molar-refractivity contribution in [3.63, 3.8) is 0 Å². The Kier molecular flexibility index (Phi) is 3.80. The largest absolute Gasteiger partial charge is 0.465 e. The van der Waals surface area contributed by atoms with Crippen molar-refractivity contribution < 1.29 is 22.7 Å². The number of methoxy groups -OCH3 is 1. The monoisotopic (exact) mass is 297 g/mol. The lowest BCUT2D eigenvalue weighted by Crippen LogP contribution is -2.24. The molecule has 1 aromatic carbocycles. The summed E-state index contributed by atoms with van der Waals surface area (Å²) in [7, 11) is -2.26. The molecule has 0 saturated carbocycles. The first-order valence-electron chi connectivity index (χ1n) is 6.07. The van der Waals surface area contributed by atoms with Gasteiger partial charge in [0.1, 0.15) is 0 Å². The predicted octanol–water partition coefficient (Wildman–Crippen LogP) is 1.00. The smallest absolute Gasteiger partial charge is 0.337 e. The molecule has 7 heteroatoms. The minimum absolute atomic E-state index is 0.00454. The zero-order valence-electron chi connectivity index (χ0n) is 11.3. The molecule has 0 spiro atoms. The van der Waals surface area contributed by atoms with Crippen molar-refractivity contribution in [2.75, 3.05) is 24.8 Å². The van der Waals surface area contributed by atoms with Crippen LogP contribution in [0.1, 0.15) is 23.2 Å². The van der Waals surface area contributed by atoms with Gasteiger partial charge in [-0.25, -0.2) is 13.2 Å². The van der Waals surface area contributed by atoms with E-state index in [-0.39, 0.29) is 16.4 Å². The molecule has 0 aromatic heterocycles. The average molecular weight is 297 g/mol. The third kappa shape index (κ3) is 2.82. The molecule has 0 aliphatic carbocycles. The number of sulfone groups is 1. The van der Waals surface area contributed by atoms with Gasteiger partial charge in [-0.15, -0.1) is 0 Å². The first-order chi connectivity index (χ1) is 9.32. The van der Waals surface area contributed by atoms with Crippen molar-refractivity contribution in [2.45, 2.75) is 17.7 Å². The topological polar surface area (TPSA) is 80.8 Å². The van der Waals surface area contributed by atoms with Gasteiger partial charge in [0.15, 0.2) is 9.84 Å². The van der Waals surface area contributed by atoms with Crippen LogP contribution in [-0.4, -0.2) is 40.2 Å². The summed E-state index contributed by atoms with van der Waals surface area (Å²) >= 11 is 0. The standard InChI is InChI=1S/C13H15NO5S/c1-19-13(16)9-6-10(14-5-3-4-12(14)15)8-11(7-9)20(2,17)18/h6-8H,3-5H2,1-2H3. The fraction of sp³-hybridized carbons (Fsp3) is 0.385. The van der Waals surface area contributed by atoms with Crippen molar-refractivity contribution in [1.29, 1.82) is 0 Å². The van der Waals surface area contributed by atoms with Crippen LogP contribution in [0.5, 0.6) is 0 Å². The molecule has 0 radical (unpaired) electrons. The Balaban J connectivity index is 2.56. The van der Waals surface area contributed by atoms with Gasteiger partial charge in [-0.2, -0.15) is 0 Å². The van der Waals surface area contributed by atoms with Crippen molar-refractivity contribution in [3.8, 4) is 0 Å². The highest BCUT2D eigenvalue weighted by Crippen LogP contribution is 2.26. The van der Waals surface area contributed by atoms with Crippen molar-refractivity contribution in [2.24, 2.45) is 0 Å². The van der Waals surface area contributed by atoms with Gasteiger partial charge in [0.05, 0.1) is 17.6 Å². The van der Waals surface area contributed by atoms with E-state index in [2.05, 4.69) is 4.74 Å². The van der Waals surface area contributed by atoms with Gasteiger partial charge in [-0.1, -0.05) is 0 Å². The average Bonchev–Trinajstić information content (AvgIpc) is 2.82. The first kappa shape index (κ1) is 14.5. The van der Waals surface area contributed by atoms with Gasteiger partial charge >= 0.3 is 5.97 Å². The molecule has 1 fully saturated rings. The highest BCUT2D eigenvalue weighted by Gasteiger charge is 2.24. The van der Waals surface area contributed by atoms with Crippen LogP contribution in [-0.2, 0) is 19.4 Å². The molecule has 0 N–H and O–H groups in total. The summed E-state index contributed by atoms with van der Waals surface area (Å²) in [5.41, 5.74) is 0.529. The third-order valence-corrected chi connectivity index (χ3v) is 4.22. The second kappa shape index (κ2) is 5.24. The Bertz CT molecular complexity index is 665. The molecule has 0 bridgehead atoms. The first-order valence-corrected chi connectivity index (χ1v) is 7.96. The molecule has 1 amide bonds. The maximum atomic E-state index is 11.7. The number of esters is 1. The van der Waals surface area contributed by atoms with E-state index in [0.717, 1.165) is 12.7 Å². The van der Waals surface area contributed by atoms with Gasteiger partial charge in [0.25, 0.3) is 0 Å². The zero-order valence-corrected chi connectivity index (χ0v) is 12.1. The van der Waals surface area contributed by atoms with Crippen LogP contribution in [0.3, 0.4) is 0 Å². The molecule has 0 unspecified atom stereocenters. The maximum Gasteiger partial charge on any atom is 0.337 e. The van der Waals surface area contributed by atoms with Crippen LogP contribution >= 0.6 is 0 Å². The van der Waals surface area contributed by atoms with E-state index in [1.165, 1.54) is 30.2 Å². The quantitative estimate of drug-likeness (QED) is 0.778. The molecule has 1 heterocycles. The lowest BCUT2D eigenvalue weighted by Gasteiger charge is -2.17. The van der Waals surface area contributed by atoms with E-state index in [4.69, 9.17) is 0 Å². The van der Waals surface area contributed by atoms with Crippen LogP contribution in [0, 0.1) is 0 Å². The Morgan fingerprint density at radius 1 is 1.30 bits per heavy atom. The molecule has 6 nitrogen and oxygen atoms in total. The normalized spacial score (nSPS) is 15.5. The summed E-state index contributed by atoms with van der Waals surface area (Å²) in [5, 5.41) is 0. The summed E-state index contributed by atoms with van der Waals surface area (Å²) in [4.78, 5) is 24.9. The number of ether oxygens (including phenoxy) is 1. The molecule has 2 rings (SSSR count). The molecule has 1 aromatic rings. The lowest BCUT2D eigenvalue weighted by atomic mass is 10.2. The van der Waals surface area contributed by atoms with Gasteiger partial charge in [0, 0.05) is 24.9 Å². The molecule has 0 atom stereocenters. The fourth-order valence-electron chi connectivity index (χ4n) is 2.11. The molecular weight excluding hydrogens is 282 g/mol. The SMILES string of the molecule is COC(=O)c1cc(N2CCCC2=O)cc(S(C)(=O)=O)c1. The van der Waals surface area contributed by atoms with Crippen LogP contribution in [0.15, 0.2) is 23.1 Å². The van der Waals surface area contributed by atoms with Gasteiger partial charge in [-0.3, -0.25) is 4.79 Å². The number of hydrogen-bond acceptors (Lipinski definition) is 5. The second-order valence-electron chi connectivity index (χ2n) is 4.63. The van der Waals surface area contributed by atoms with E-state index in [1.807, 2.05) is 0 Å². The number of anilines is 1. The summed E-state index contributed by atoms with van der Waals surface area (Å²) in [6.45, 7) is 0.520. The summed E-state index contributed by atoms with van der Waals surface area (Å²) in [5.74, 6) is -0.713. The summed E-state index contributed by atoms with van der Waals surface area (Å²) in [6, 6.07) is 4.14. The maximum absolute atomic E-state index is 11.7. The van der Waals surface area contributed by atoms with E-state index in [1.54, 1.807) is 0 Å². The number of rotatable bonds is 3. The second-order valence-corrected chi connectivity index (χ2v) is 6.64. The van der Waals surface area contributed by atoms with Gasteiger partial charge in [0.2, 0.25) is 5.91 Å². The Labute approximate surface area is 117 Å². The summed E-state index contributed by atoms with van der Waals surface area (Å²) in [6.07, 6.45) is 2.20. The van der Waals surface area contributed by atoms with Crippen LogP contribution < -0.4 is 4.90 Å². The van der Waals surface area contributed by atoms with E-state index < -0.39 is 15.8 Å². The molecule has 1 aliphatic rings. The highest BCUT2D eigenvalue weighted by atomic mass is 32.2. The molecular formula is C13H15NO5S. The molecule has 108 valence electrons. The third-order valence-electron chi connectivity index (χ3n) is 3.13. The number of carbonyl (C=O) groups is 2. The minimum Gasteiger partial charge on any atom is -0.465 e. The number of nitrogens with zero attached hydrogens (tertiary/aromatic N) is 1. The lowest BCUT2D eigenvalue weighted by molar-refractivity contribution is -0.117. The van der Waals surface area contributed by atoms with Crippen LogP contribution in [0.25, 0.3) is 0 Å². The Morgan fingerprint density at radius 2 is 2.00 bits per heavy atom. The number of hydrogen-bond donors (Lipinski definition) is 0. The Morgan fingerprint density at radius 3 is 2.50 bits per heavy atom. The molecule has 1 saturated heterocycles. The van der Waals surface area contributed by atoms with Crippen molar-refractivity contribution in [1.82, 2.24) is 0 Å².